The molecule has 3 aromatic carbocycles. The summed E-state index contributed by atoms with van der Waals surface area (Å²) in [6, 6.07) is 25.7. The summed E-state index contributed by atoms with van der Waals surface area (Å²) in [4.78, 5) is 47.8. The monoisotopic (exact) mass is 583 g/mol. The van der Waals surface area contributed by atoms with Gasteiger partial charge in [-0.1, -0.05) is 30.3 Å². The number of nitrogens with one attached hydrogen (secondary N) is 2. The van der Waals surface area contributed by atoms with Gasteiger partial charge in [-0.25, -0.2) is 9.97 Å². The fourth-order valence-electron chi connectivity index (χ4n) is 3.97. The zero-order valence-electron chi connectivity index (χ0n) is 24.2. The number of methoxy groups -OCH3 is 2. The quantitative estimate of drug-likeness (QED) is 0.244. The standard InChI is InChI=1S/C32H33N5O6/c1-37(19-29(38)33-18-22-7-5-4-6-8-22)31(40)21-43-20-30(39)35-28-17-27(23-9-13-25(41-2)14-10-23)34-32(36-28)24-11-15-26(42-3)16-12-24/h4-17H,18-21H2,1-3H3,(H,33,38)(H,34,35,36,39). The average molecular weight is 584 g/mol. The molecule has 0 aliphatic rings. The highest BCUT2D eigenvalue weighted by molar-refractivity contribution is 5.92. The number of amides is 3. The molecule has 222 valence electrons. The molecule has 0 saturated heterocycles. The van der Waals surface area contributed by atoms with Crippen LogP contribution in [0.4, 0.5) is 5.82 Å². The van der Waals surface area contributed by atoms with E-state index in [1.807, 2.05) is 66.7 Å². The second kappa shape index (κ2) is 15.1. The normalized spacial score (nSPS) is 10.5. The molecule has 43 heavy (non-hydrogen) atoms. The minimum Gasteiger partial charge on any atom is -0.497 e. The number of carbonyl (C=O) groups excluding carboxylic acids is 3. The van der Waals surface area contributed by atoms with Crippen molar-refractivity contribution in [2.24, 2.45) is 0 Å². The molecular weight excluding hydrogens is 550 g/mol. The summed E-state index contributed by atoms with van der Waals surface area (Å²) in [5.41, 5.74) is 3.06. The lowest BCUT2D eigenvalue weighted by Crippen LogP contribution is -2.40. The number of anilines is 1. The minimum absolute atomic E-state index is 0.134. The van der Waals surface area contributed by atoms with Crippen LogP contribution in [-0.4, -0.2) is 73.6 Å². The molecule has 0 saturated carbocycles. The summed E-state index contributed by atoms with van der Waals surface area (Å²) in [6.07, 6.45) is 0. The Morgan fingerprint density at radius 2 is 1.40 bits per heavy atom. The number of hydrogen-bond acceptors (Lipinski definition) is 8. The fraction of sp³-hybridized carbons (Fsp3) is 0.219. The SMILES string of the molecule is COc1ccc(-c2cc(NC(=O)COCC(=O)N(C)CC(=O)NCc3ccccc3)nc(-c3ccc(OC)cc3)n2)cc1. The number of hydrogen-bond donors (Lipinski definition) is 2. The Morgan fingerprint density at radius 3 is 2.02 bits per heavy atom. The summed E-state index contributed by atoms with van der Waals surface area (Å²) in [5, 5.41) is 5.49. The smallest absolute Gasteiger partial charge is 0.251 e. The molecule has 4 aromatic rings. The van der Waals surface area contributed by atoms with Gasteiger partial charge in [-0.05, 0) is 54.1 Å². The number of nitrogens with zero attached hydrogens (tertiary/aromatic N) is 3. The molecule has 4 rings (SSSR count). The van der Waals surface area contributed by atoms with Gasteiger partial charge in [0.05, 0.1) is 26.5 Å². The van der Waals surface area contributed by atoms with E-state index in [0.717, 1.165) is 16.7 Å². The van der Waals surface area contributed by atoms with Gasteiger partial charge >= 0.3 is 0 Å². The number of rotatable bonds is 13. The van der Waals surface area contributed by atoms with Gasteiger partial charge in [0.2, 0.25) is 11.8 Å². The first-order chi connectivity index (χ1) is 20.8. The first kappa shape index (κ1) is 30.7. The second-order valence-electron chi connectivity index (χ2n) is 9.47. The Hall–Kier alpha value is -5.29. The summed E-state index contributed by atoms with van der Waals surface area (Å²) in [5.74, 6) is 0.805. The van der Waals surface area contributed by atoms with Gasteiger partial charge in [-0.15, -0.1) is 0 Å². The van der Waals surface area contributed by atoms with Crippen LogP contribution < -0.4 is 20.1 Å². The van der Waals surface area contributed by atoms with E-state index >= 15 is 0 Å². The lowest BCUT2D eigenvalue weighted by molar-refractivity contribution is -0.139. The van der Waals surface area contributed by atoms with Crippen molar-refractivity contribution in [1.29, 1.82) is 0 Å². The van der Waals surface area contributed by atoms with Crippen LogP contribution in [0.3, 0.4) is 0 Å². The van der Waals surface area contributed by atoms with Gasteiger partial charge in [0.25, 0.3) is 5.91 Å². The van der Waals surface area contributed by atoms with E-state index in [4.69, 9.17) is 19.2 Å². The van der Waals surface area contributed by atoms with Gasteiger partial charge in [0.1, 0.15) is 30.5 Å². The summed E-state index contributed by atoms with van der Waals surface area (Å²) in [7, 11) is 4.67. The Labute approximate surface area is 249 Å². The van der Waals surface area contributed by atoms with Crippen molar-refractivity contribution in [2.45, 2.75) is 6.54 Å². The molecule has 1 aromatic heterocycles. The van der Waals surface area contributed by atoms with Crippen molar-refractivity contribution in [2.75, 3.05) is 46.3 Å². The fourth-order valence-corrected chi connectivity index (χ4v) is 3.97. The molecule has 0 fully saturated rings. The largest absolute Gasteiger partial charge is 0.497 e. The maximum Gasteiger partial charge on any atom is 0.251 e. The van der Waals surface area contributed by atoms with Crippen molar-refractivity contribution >= 4 is 23.5 Å². The third-order valence-corrected chi connectivity index (χ3v) is 6.33. The molecule has 11 nitrogen and oxygen atoms in total. The van der Waals surface area contributed by atoms with Crippen molar-refractivity contribution < 1.29 is 28.6 Å². The van der Waals surface area contributed by atoms with E-state index in [2.05, 4.69) is 15.6 Å². The lowest BCUT2D eigenvalue weighted by Gasteiger charge is -2.17. The molecule has 0 radical (unpaired) electrons. The van der Waals surface area contributed by atoms with Crippen molar-refractivity contribution in [3.8, 4) is 34.1 Å². The van der Waals surface area contributed by atoms with E-state index in [9.17, 15) is 14.4 Å². The van der Waals surface area contributed by atoms with Crippen LogP contribution in [0.5, 0.6) is 11.5 Å². The highest BCUT2D eigenvalue weighted by atomic mass is 16.5. The highest BCUT2D eigenvalue weighted by Gasteiger charge is 2.15. The number of benzene rings is 3. The third-order valence-electron chi connectivity index (χ3n) is 6.33. The first-order valence-electron chi connectivity index (χ1n) is 13.4. The zero-order chi connectivity index (χ0) is 30.6. The number of ether oxygens (including phenoxy) is 3. The number of carbonyl (C=O) groups is 3. The van der Waals surface area contributed by atoms with Gasteiger partial charge < -0.3 is 29.7 Å². The van der Waals surface area contributed by atoms with E-state index in [0.29, 0.717) is 29.6 Å². The molecule has 0 spiro atoms. The predicted molar refractivity (Wildman–Crippen MR) is 161 cm³/mol. The molecule has 1 heterocycles. The van der Waals surface area contributed by atoms with Gasteiger partial charge in [0, 0.05) is 30.8 Å². The maximum absolute atomic E-state index is 12.7. The summed E-state index contributed by atoms with van der Waals surface area (Å²) in [6.45, 7) is -0.528. The van der Waals surface area contributed by atoms with Gasteiger partial charge in [0.15, 0.2) is 5.82 Å². The summed E-state index contributed by atoms with van der Waals surface area (Å²) >= 11 is 0. The topological polar surface area (TPSA) is 132 Å². The number of likely N-dealkylation sites (N-methyl/N-ethyl adjacent to an activating group) is 1. The Kier molecular flexibility index (Phi) is 10.8. The second-order valence-corrected chi connectivity index (χ2v) is 9.47. The van der Waals surface area contributed by atoms with Crippen LogP contribution in [0, 0.1) is 0 Å². The van der Waals surface area contributed by atoms with E-state index < -0.39 is 11.8 Å². The van der Waals surface area contributed by atoms with Crippen LogP contribution in [0.15, 0.2) is 84.9 Å². The van der Waals surface area contributed by atoms with E-state index in [1.165, 1.54) is 11.9 Å². The number of aromatic nitrogens is 2. The van der Waals surface area contributed by atoms with Crippen LogP contribution >= 0.6 is 0 Å². The molecule has 0 aliphatic carbocycles. The zero-order valence-corrected chi connectivity index (χ0v) is 24.2. The molecule has 0 atom stereocenters. The van der Waals surface area contributed by atoms with Crippen LogP contribution in [0.25, 0.3) is 22.6 Å². The van der Waals surface area contributed by atoms with E-state index in [1.54, 1.807) is 32.4 Å². The molecule has 3 amide bonds. The van der Waals surface area contributed by atoms with Crippen molar-refractivity contribution in [3.05, 3.63) is 90.5 Å². The molecule has 11 heteroatoms. The lowest BCUT2D eigenvalue weighted by atomic mass is 10.1. The molecular formula is C32H33N5O6. The molecule has 0 unspecified atom stereocenters. The predicted octanol–water partition coefficient (Wildman–Crippen LogP) is 3.56. The van der Waals surface area contributed by atoms with Gasteiger partial charge in [-0.2, -0.15) is 0 Å². The highest BCUT2D eigenvalue weighted by Crippen LogP contribution is 2.27. The summed E-state index contributed by atoms with van der Waals surface area (Å²) < 4.78 is 15.8. The molecule has 2 N–H and O–H groups in total. The Bertz CT molecular complexity index is 1460. The average Bonchev–Trinajstić information content (AvgIpc) is 3.04. The van der Waals surface area contributed by atoms with Crippen molar-refractivity contribution in [3.63, 3.8) is 0 Å². The maximum atomic E-state index is 12.7. The molecule has 0 bridgehead atoms. The van der Waals surface area contributed by atoms with Gasteiger partial charge in [-0.3, -0.25) is 14.4 Å². The van der Waals surface area contributed by atoms with Crippen LogP contribution in [-0.2, 0) is 25.7 Å². The first-order valence-corrected chi connectivity index (χ1v) is 13.4. The molecule has 0 aliphatic heterocycles. The van der Waals surface area contributed by atoms with Crippen molar-refractivity contribution in [1.82, 2.24) is 20.2 Å². The Balaban J connectivity index is 1.35. The van der Waals surface area contributed by atoms with Crippen LogP contribution in [0.2, 0.25) is 0 Å². The van der Waals surface area contributed by atoms with E-state index in [-0.39, 0.29) is 31.5 Å². The van der Waals surface area contributed by atoms with Crippen LogP contribution in [0.1, 0.15) is 5.56 Å². The Morgan fingerprint density at radius 1 is 0.767 bits per heavy atom. The minimum atomic E-state index is -0.504. The third kappa shape index (κ3) is 9.10.